The van der Waals surface area contributed by atoms with Crippen molar-refractivity contribution in [2.75, 3.05) is 30.3 Å². The molecule has 0 saturated carbocycles. The van der Waals surface area contributed by atoms with Crippen LogP contribution in [0.1, 0.15) is 19.8 Å². The van der Waals surface area contributed by atoms with Crippen molar-refractivity contribution < 1.29 is 9.53 Å². The molecule has 2 N–H and O–H groups in total. The minimum atomic E-state index is -0.309. The van der Waals surface area contributed by atoms with Crippen LogP contribution in [0.15, 0.2) is 29.5 Å². The zero-order chi connectivity index (χ0) is 20.5. The van der Waals surface area contributed by atoms with Crippen molar-refractivity contribution in [1.29, 1.82) is 15.8 Å². The van der Waals surface area contributed by atoms with E-state index >= 15 is 0 Å². The van der Waals surface area contributed by atoms with Crippen molar-refractivity contribution in [3.63, 3.8) is 0 Å². The van der Waals surface area contributed by atoms with Crippen LogP contribution in [-0.2, 0) is 4.74 Å². The number of anilines is 2. The maximum atomic E-state index is 11.8. The van der Waals surface area contributed by atoms with Crippen molar-refractivity contribution in [2.45, 2.75) is 25.8 Å². The fourth-order valence-electron chi connectivity index (χ4n) is 2.80. The van der Waals surface area contributed by atoms with Gasteiger partial charge in [0.1, 0.15) is 23.9 Å². The zero-order valence-corrected chi connectivity index (χ0v) is 16.1. The van der Waals surface area contributed by atoms with Gasteiger partial charge in [0.15, 0.2) is 5.57 Å². The maximum absolute atomic E-state index is 11.8. The minimum absolute atomic E-state index is 0.105. The third-order valence-corrected chi connectivity index (χ3v) is 4.44. The molecule has 0 unspecified atom stereocenters. The lowest BCUT2D eigenvalue weighted by Gasteiger charge is -2.32. The number of nitrogens with zero attached hydrogens (tertiary/aromatic N) is 4. The van der Waals surface area contributed by atoms with E-state index in [0.29, 0.717) is 36.1 Å². The van der Waals surface area contributed by atoms with Crippen LogP contribution in [-0.4, -0.2) is 36.7 Å². The first-order valence-electron chi connectivity index (χ1n) is 8.71. The van der Waals surface area contributed by atoms with Gasteiger partial charge in [0.25, 0.3) is 0 Å². The summed E-state index contributed by atoms with van der Waals surface area (Å²) in [6.07, 6.45) is 1.14. The standard InChI is InChI=1S/C19H19ClN6O2/c1-2-28-19(27)26-7-5-15(6-8-26)24-16-4-3-14(20)9-17(16)25-18(12-23)13(10-21)11-22/h3-4,9,15,24-25H,2,5-8H2,1H3. The Morgan fingerprint density at radius 1 is 1.21 bits per heavy atom. The lowest BCUT2D eigenvalue weighted by molar-refractivity contribution is 0.0983. The predicted octanol–water partition coefficient (Wildman–Crippen LogP) is 3.61. The normalized spacial score (nSPS) is 13.5. The van der Waals surface area contributed by atoms with Gasteiger partial charge in [-0.05, 0) is 38.0 Å². The molecule has 0 atom stereocenters. The van der Waals surface area contributed by atoms with Gasteiger partial charge in [0.2, 0.25) is 0 Å². The number of amides is 1. The highest BCUT2D eigenvalue weighted by molar-refractivity contribution is 6.31. The SMILES string of the molecule is CCOC(=O)N1CCC(Nc2ccc(Cl)cc2NC(C#N)=C(C#N)C#N)CC1. The Morgan fingerprint density at radius 2 is 1.89 bits per heavy atom. The first-order valence-corrected chi connectivity index (χ1v) is 9.09. The summed E-state index contributed by atoms with van der Waals surface area (Å²) in [7, 11) is 0. The van der Waals surface area contributed by atoms with Gasteiger partial charge in [-0.15, -0.1) is 0 Å². The Kier molecular flexibility index (Phi) is 7.51. The van der Waals surface area contributed by atoms with Gasteiger partial charge in [0.05, 0.1) is 18.0 Å². The number of halogens is 1. The van der Waals surface area contributed by atoms with E-state index in [-0.39, 0.29) is 23.4 Å². The summed E-state index contributed by atoms with van der Waals surface area (Å²) < 4.78 is 5.02. The van der Waals surface area contributed by atoms with E-state index in [1.165, 1.54) is 0 Å². The quantitative estimate of drug-likeness (QED) is 0.725. The third-order valence-electron chi connectivity index (χ3n) is 4.21. The van der Waals surface area contributed by atoms with Gasteiger partial charge in [-0.2, -0.15) is 15.8 Å². The number of rotatable bonds is 5. The lowest BCUT2D eigenvalue weighted by Crippen LogP contribution is -2.42. The molecule has 1 aliphatic heterocycles. The molecule has 0 spiro atoms. The fourth-order valence-corrected chi connectivity index (χ4v) is 2.98. The summed E-state index contributed by atoms with van der Waals surface area (Å²) in [5, 5.41) is 33.9. The Balaban J connectivity index is 2.13. The maximum Gasteiger partial charge on any atom is 0.409 e. The fraction of sp³-hybridized carbons (Fsp3) is 0.368. The summed E-state index contributed by atoms with van der Waals surface area (Å²) in [6, 6.07) is 10.4. The minimum Gasteiger partial charge on any atom is -0.450 e. The molecule has 1 saturated heterocycles. The molecule has 1 heterocycles. The number of allylic oxidation sites excluding steroid dienone is 2. The number of benzene rings is 1. The summed E-state index contributed by atoms with van der Waals surface area (Å²) in [5.74, 6) is 0. The number of hydrogen-bond acceptors (Lipinski definition) is 7. The highest BCUT2D eigenvalue weighted by Crippen LogP contribution is 2.29. The van der Waals surface area contributed by atoms with Crippen LogP contribution in [0.4, 0.5) is 16.2 Å². The van der Waals surface area contributed by atoms with Gasteiger partial charge in [-0.1, -0.05) is 11.6 Å². The molecule has 1 aromatic carbocycles. The first kappa shape index (κ1) is 20.9. The van der Waals surface area contributed by atoms with Crippen LogP contribution < -0.4 is 10.6 Å². The van der Waals surface area contributed by atoms with E-state index in [1.54, 1.807) is 42.2 Å². The summed E-state index contributed by atoms with van der Waals surface area (Å²) in [6.45, 7) is 3.26. The van der Waals surface area contributed by atoms with Crippen LogP contribution in [0.5, 0.6) is 0 Å². The molecule has 1 fully saturated rings. The summed E-state index contributed by atoms with van der Waals surface area (Å²) in [5.41, 5.74) is 0.713. The first-order chi connectivity index (χ1) is 13.5. The number of ether oxygens (including phenoxy) is 1. The topological polar surface area (TPSA) is 125 Å². The molecule has 0 bridgehead atoms. The summed E-state index contributed by atoms with van der Waals surface area (Å²) >= 11 is 6.06. The van der Waals surface area contributed by atoms with Crippen LogP contribution in [0.3, 0.4) is 0 Å². The van der Waals surface area contributed by atoms with Gasteiger partial charge < -0.3 is 20.3 Å². The molecule has 8 nitrogen and oxygen atoms in total. The number of nitriles is 3. The van der Waals surface area contributed by atoms with Crippen molar-refractivity contribution in [3.05, 3.63) is 34.5 Å². The number of hydrogen-bond donors (Lipinski definition) is 2. The van der Waals surface area contributed by atoms with Crippen LogP contribution in [0.25, 0.3) is 0 Å². The summed E-state index contributed by atoms with van der Waals surface area (Å²) in [4.78, 5) is 13.5. The smallest absolute Gasteiger partial charge is 0.409 e. The molecule has 2 rings (SSSR count). The molecule has 0 radical (unpaired) electrons. The number of piperidine rings is 1. The number of carbonyl (C=O) groups is 1. The van der Waals surface area contributed by atoms with Crippen molar-refractivity contribution in [3.8, 4) is 18.2 Å². The molecule has 0 aliphatic carbocycles. The van der Waals surface area contributed by atoms with Crippen LogP contribution in [0, 0.1) is 34.0 Å². The van der Waals surface area contributed by atoms with Crippen molar-refractivity contribution in [1.82, 2.24) is 4.90 Å². The Bertz CT molecular complexity index is 869. The molecule has 28 heavy (non-hydrogen) atoms. The molecule has 1 aromatic rings. The van der Waals surface area contributed by atoms with Crippen molar-refractivity contribution in [2.24, 2.45) is 0 Å². The Labute approximate surface area is 168 Å². The molecule has 1 amide bonds. The molecular formula is C19H19ClN6O2. The molecule has 1 aliphatic rings. The monoisotopic (exact) mass is 398 g/mol. The van der Waals surface area contributed by atoms with Gasteiger partial charge in [-0.25, -0.2) is 4.79 Å². The molecule has 144 valence electrons. The van der Waals surface area contributed by atoms with Crippen LogP contribution in [0.2, 0.25) is 5.02 Å². The van der Waals surface area contributed by atoms with Gasteiger partial charge in [-0.3, -0.25) is 0 Å². The van der Waals surface area contributed by atoms with Crippen molar-refractivity contribution >= 4 is 29.1 Å². The van der Waals surface area contributed by atoms with E-state index in [2.05, 4.69) is 10.6 Å². The van der Waals surface area contributed by atoms with E-state index in [0.717, 1.165) is 12.8 Å². The predicted molar refractivity (Wildman–Crippen MR) is 104 cm³/mol. The Hall–Kier alpha value is -3.41. The average molecular weight is 399 g/mol. The zero-order valence-electron chi connectivity index (χ0n) is 15.3. The largest absolute Gasteiger partial charge is 0.450 e. The van der Waals surface area contributed by atoms with Crippen LogP contribution >= 0.6 is 11.6 Å². The average Bonchev–Trinajstić information content (AvgIpc) is 2.70. The third kappa shape index (κ3) is 5.30. The second-order valence-electron chi connectivity index (χ2n) is 6.00. The highest BCUT2D eigenvalue weighted by atomic mass is 35.5. The number of nitrogens with one attached hydrogen (secondary N) is 2. The second kappa shape index (κ2) is 10.1. The lowest BCUT2D eigenvalue weighted by atomic mass is 10.0. The van der Waals surface area contributed by atoms with Gasteiger partial charge >= 0.3 is 6.09 Å². The van der Waals surface area contributed by atoms with E-state index < -0.39 is 0 Å². The van der Waals surface area contributed by atoms with E-state index in [9.17, 15) is 10.1 Å². The number of likely N-dealkylation sites (tertiary alicyclic amines) is 1. The van der Waals surface area contributed by atoms with E-state index in [4.69, 9.17) is 26.9 Å². The molecule has 9 heteroatoms. The molecular weight excluding hydrogens is 380 g/mol. The highest BCUT2D eigenvalue weighted by Gasteiger charge is 2.24. The number of carbonyl (C=O) groups excluding carboxylic acids is 1. The van der Waals surface area contributed by atoms with E-state index in [1.807, 2.05) is 6.07 Å². The van der Waals surface area contributed by atoms with Gasteiger partial charge in [0, 0.05) is 24.2 Å². The Morgan fingerprint density at radius 3 is 2.46 bits per heavy atom. The second-order valence-corrected chi connectivity index (χ2v) is 6.44. The molecule has 0 aromatic heterocycles.